The van der Waals surface area contributed by atoms with E-state index in [1.54, 1.807) is 0 Å². The molecule has 0 atom stereocenters. The summed E-state index contributed by atoms with van der Waals surface area (Å²) in [6, 6.07) is 0. The van der Waals surface area contributed by atoms with Crippen LogP contribution in [-0.2, 0) is 19.1 Å². The highest BCUT2D eigenvalue weighted by atomic mass is 16.6. The number of rotatable bonds is 9. The topological polar surface area (TPSA) is 52.6 Å². The number of hydrogen-bond donors (Lipinski definition) is 0. The molecule has 0 aliphatic heterocycles. The molecule has 0 radical (unpaired) electrons. The van der Waals surface area contributed by atoms with Crippen molar-refractivity contribution in [1.29, 1.82) is 0 Å². The predicted molar refractivity (Wildman–Crippen MR) is 74.7 cm³/mol. The summed E-state index contributed by atoms with van der Waals surface area (Å²) in [6.45, 7) is 10.3. The van der Waals surface area contributed by atoms with Gasteiger partial charge in [0.25, 0.3) is 0 Å². The lowest BCUT2D eigenvalue weighted by Crippen LogP contribution is -2.41. The van der Waals surface area contributed by atoms with Crippen molar-refractivity contribution in [3.63, 3.8) is 0 Å². The minimum atomic E-state index is -1.14. The number of ether oxygens (including phenoxy) is 2. The number of carbonyl (C=O) groups excluding carboxylic acids is 2. The van der Waals surface area contributed by atoms with Crippen molar-refractivity contribution in [3.05, 3.63) is 0 Å². The van der Waals surface area contributed by atoms with Gasteiger partial charge in [-0.2, -0.15) is 0 Å². The Kier molecular flexibility index (Phi) is 8.44. The molecule has 0 aliphatic rings. The van der Waals surface area contributed by atoms with E-state index in [9.17, 15) is 9.59 Å². The molecular weight excluding hydrogens is 244 g/mol. The van der Waals surface area contributed by atoms with Crippen LogP contribution < -0.4 is 0 Å². The van der Waals surface area contributed by atoms with E-state index in [1.165, 1.54) is 0 Å². The standard InChI is InChI=1S/C15H28O4/c1-6-9-10-18-13(16)15(7-2,8-3)14(17)19-11-12(4)5/h12H,6-11H2,1-5H3. The van der Waals surface area contributed by atoms with Gasteiger partial charge in [-0.1, -0.05) is 41.0 Å². The Hall–Kier alpha value is -1.06. The van der Waals surface area contributed by atoms with Gasteiger partial charge in [-0.05, 0) is 25.2 Å². The first-order valence-corrected chi connectivity index (χ1v) is 7.29. The number of hydrogen-bond acceptors (Lipinski definition) is 4. The number of unbranched alkanes of at least 4 members (excludes halogenated alkanes) is 1. The largest absolute Gasteiger partial charge is 0.465 e. The summed E-state index contributed by atoms with van der Waals surface area (Å²) in [5.74, 6) is -0.640. The third kappa shape index (κ3) is 5.21. The van der Waals surface area contributed by atoms with Crippen molar-refractivity contribution in [2.45, 2.75) is 60.3 Å². The highest BCUT2D eigenvalue weighted by Gasteiger charge is 2.45. The van der Waals surface area contributed by atoms with Crippen LogP contribution >= 0.6 is 0 Å². The summed E-state index contributed by atoms with van der Waals surface area (Å²) in [5, 5.41) is 0. The summed E-state index contributed by atoms with van der Waals surface area (Å²) in [7, 11) is 0. The van der Waals surface area contributed by atoms with Crippen molar-refractivity contribution in [2.75, 3.05) is 13.2 Å². The van der Waals surface area contributed by atoms with Crippen molar-refractivity contribution in [3.8, 4) is 0 Å². The zero-order chi connectivity index (χ0) is 14.9. The molecule has 0 N–H and O–H groups in total. The van der Waals surface area contributed by atoms with E-state index in [2.05, 4.69) is 0 Å². The molecule has 4 nitrogen and oxygen atoms in total. The van der Waals surface area contributed by atoms with E-state index >= 15 is 0 Å². The molecule has 0 fully saturated rings. The second-order valence-electron chi connectivity index (χ2n) is 5.27. The van der Waals surface area contributed by atoms with Crippen LogP contribution in [0.5, 0.6) is 0 Å². The van der Waals surface area contributed by atoms with E-state index in [-0.39, 0.29) is 5.92 Å². The first kappa shape index (κ1) is 17.9. The van der Waals surface area contributed by atoms with Crippen LogP contribution in [0.2, 0.25) is 0 Å². The molecule has 0 unspecified atom stereocenters. The van der Waals surface area contributed by atoms with Crippen LogP contribution in [0.1, 0.15) is 60.3 Å². The molecule has 0 aromatic heterocycles. The first-order chi connectivity index (χ1) is 8.94. The van der Waals surface area contributed by atoms with Crippen LogP contribution in [0, 0.1) is 11.3 Å². The zero-order valence-electron chi connectivity index (χ0n) is 13.0. The number of esters is 2. The predicted octanol–water partition coefficient (Wildman–Crippen LogP) is 3.34. The average Bonchev–Trinajstić information content (AvgIpc) is 2.38. The fourth-order valence-corrected chi connectivity index (χ4v) is 1.74. The summed E-state index contributed by atoms with van der Waals surface area (Å²) in [6.07, 6.45) is 2.59. The highest BCUT2D eigenvalue weighted by Crippen LogP contribution is 2.30. The smallest absolute Gasteiger partial charge is 0.323 e. The SMILES string of the molecule is CCCCOC(=O)C(CC)(CC)C(=O)OCC(C)C. The summed E-state index contributed by atoms with van der Waals surface area (Å²) in [4.78, 5) is 24.3. The molecule has 0 aromatic carbocycles. The third-order valence-electron chi connectivity index (χ3n) is 3.27. The second kappa shape index (κ2) is 8.94. The molecule has 0 bridgehead atoms. The van der Waals surface area contributed by atoms with Crippen LogP contribution in [0.25, 0.3) is 0 Å². The third-order valence-corrected chi connectivity index (χ3v) is 3.27. The molecule has 0 heterocycles. The molecule has 0 amide bonds. The lowest BCUT2D eigenvalue weighted by molar-refractivity contribution is -0.174. The van der Waals surface area contributed by atoms with Gasteiger partial charge in [0.15, 0.2) is 5.41 Å². The van der Waals surface area contributed by atoms with Gasteiger partial charge in [-0.25, -0.2) is 0 Å². The summed E-state index contributed by atoms with van der Waals surface area (Å²) in [5.41, 5.74) is -1.14. The van der Waals surface area contributed by atoms with Gasteiger partial charge in [-0.15, -0.1) is 0 Å². The highest BCUT2D eigenvalue weighted by molar-refractivity contribution is 5.99. The normalized spacial score (nSPS) is 11.5. The molecule has 0 spiro atoms. The molecule has 0 rings (SSSR count). The summed E-state index contributed by atoms with van der Waals surface area (Å²) < 4.78 is 10.5. The fraction of sp³-hybridized carbons (Fsp3) is 0.867. The quantitative estimate of drug-likeness (QED) is 0.367. The van der Waals surface area contributed by atoms with E-state index in [0.29, 0.717) is 26.1 Å². The van der Waals surface area contributed by atoms with E-state index in [4.69, 9.17) is 9.47 Å². The fourth-order valence-electron chi connectivity index (χ4n) is 1.74. The van der Waals surface area contributed by atoms with Crippen molar-refractivity contribution >= 4 is 11.9 Å². The van der Waals surface area contributed by atoms with Gasteiger partial charge < -0.3 is 9.47 Å². The molecule has 0 aliphatic carbocycles. The molecule has 0 saturated heterocycles. The van der Waals surface area contributed by atoms with E-state index in [1.807, 2.05) is 34.6 Å². The maximum Gasteiger partial charge on any atom is 0.323 e. The lowest BCUT2D eigenvalue weighted by Gasteiger charge is -2.27. The monoisotopic (exact) mass is 272 g/mol. The second-order valence-corrected chi connectivity index (χ2v) is 5.27. The minimum absolute atomic E-state index is 0.256. The van der Waals surface area contributed by atoms with Gasteiger partial charge in [0.2, 0.25) is 0 Å². The van der Waals surface area contributed by atoms with Crippen LogP contribution in [0.15, 0.2) is 0 Å². The van der Waals surface area contributed by atoms with Crippen molar-refractivity contribution < 1.29 is 19.1 Å². The van der Waals surface area contributed by atoms with E-state index in [0.717, 1.165) is 12.8 Å². The molecule has 0 aromatic rings. The molecule has 112 valence electrons. The Morgan fingerprint density at radius 2 is 1.53 bits per heavy atom. The Labute approximate surface area is 116 Å². The molecule has 19 heavy (non-hydrogen) atoms. The van der Waals surface area contributed by atoms with Crippen molar-refractivity contribution in [1.82, 2.24) is 0 Å². The van der Waals surface area contributed by atoms with Crippen LogP contribution in [-0.4, -0.2) is 25.2 Å². The Bertz CT molecular complexity index is 280. The first-order valence-electron chi connectivity index (χ1n) is 7.29. The van der Waals surface area contributed by atoms with E-state index < -0.39 is 17.4 Å². The maximum absolute atomic E-state index is 12.2. The maximum atomic E-state index is 12.2. The Balaban J connectivity index is 4.72. The number of carbonyl (C=O) groups is 2. The lowest BCUT2D eigenvalue weighted by atomic mass is 9.82. The van der Waals surface area contributed by atoms with Crippen molar-refractivity contribution in [2.24, 2.45) is 11.3 Å². The van der Waals surface area contributed by atoms with Gasteiger partial charge in [0.05, 0.1) is 13.2 Å². The minimum Gasteiger partial charge on any atom is -0.465 e. The van der Waals surface area contributed by atoms with Gasteiger partial charge in [-0.3, -0.25) is 9.59 Å². The molecular formula is C15H28O4. The van der Waals surface area contributed by atoms with Gasteiger partial charge in [0.1, 0.15) is 0 Å². The molecule has 4 heteroatoms. The molecule has 0 saturated carbocycles. The van der Waals surface area contributed by atoms with Gasteiger partial charge in [0, 0.05) is 0 Å². The van der Waals surface area contributed by atoms with Crippen LogP contribution in [0.4, 0.5) is 0 Å². The van der Waals surface area contributed by atoms with Crippen LogP contribution in [0.3, 0.4) is 0 Å². The summed E-state index contributed by atoms with van der Waals surface area (Å²) >= 11 is 0. The average molecular weight is 272 g/mol. The Morgan fingerprint density at radius 3 is 1.95 bits per heavy atom. The van der Waals surface area contributed by atoms with Gasteiger partial charge >= 0.3 is 11.9 Å². The Morgan fingerprint density at radius 1 is 1.00 bits per heavy atom. The zero-order valence-corrected chi connectivity index (χ0v) is 13.0.